The summed E-state index contributed by atoms with van der Waals surface area (Å²) in [7, 11) is -3.98. The van der Waals surface area contributed by atoms with E-state index in [1.807, 2.05) is 30.3 Å². The van der Waals surface area contributed by atoms with Gasteiger partial charge in [0.2, 0.25) is 15.9 Å². The molecular weight excluding hydrogens is 614 g/mol. The van der Waals surface area contributed by atoms with Crippen molar-refractivity contribution < 1.29 is 27.5 Å². The number of nitrogens with zero attached hydrogens (tertiary/aromatic N) is 2. The third-order valence-corrected chi connectivity index (χ3v) is 10.2. The van der Waals surface area contributed by atoms with Crippen LogP contribution in [0, 0.1) is 17.2 Å². The Balaban J connectivity index is 1.71. The number of hydrogen-bond donors (Lipinski definition) is 1. The lowest BCUT2D eigenvalue weighted by atomic mass is 9.67. The second-order valence-corrected chi connectivity index (χ2v) is 14.6. The maximum atomic E-state index is 15.0. The molecule has 1 aliphatic heterocycles. The molecule has 1 aliphatic carbocycles. The zero-order chi connectivity index (χ0) is 31.1. The van der Waals surface area contributed by atoms with E-state index < -0.39 is 45.7 Å². The van der Waals surface area contributed by atoms with Crippen molar-refractivity contribution in [2.75, 3.05) is 17.1 Å². The van der Waals surface area contributed by atoms with Crippen molar-refractivity contribution in [1.29, 1.82) is 0 Å². The van der Waals surface area contributed by atoms with E-state index in [4.69, 9.17) is 23.2 Å². The third-order valence-electron chi connectivity index (χ3n) is 8.53. The van der Waals surface area contributed by atoms with E-state index in [-0.39, 0.29) is 36.4 Å². The van der Waals surface area contributed by atoms with Gasteiger partial charge in [0.05, 0.1) is 42.4 Å². The molecule has 1 heterocycles. The topological polar surface area (TPSA) is 95.0 Å². The first-order valence-electron chi connectivity index (χ1n) is 14.1. The van der Waals surface area contributed by atoms with Crippen LogP contribution in [0.5, 0.6) is 0 Å². The quantitative estimate of drug-likeness (QED) is 0.258. The Morgan fingerprint density at radius 1 is 1.05 bits per heavy atom. The molecule has 1 saturated carbocycles. The predicted molar refractivity (Wildman–Crippen MR) is 165 cm³/mol. The number of aliphatic carboxylic acids is 1. The van der Waals surface area contributed by atoms with Crippen molar-refractivity contribution in [2.45, 2.75) is 50.6 Å². The Labute approximate surface area is 261 Å². The first-order valence-corrected chi connectivity index (χ1v) is 16.7. The summed E-state index contributed by atoms with van der Waals surface area (Å²) in [5.74, 6) is -2.65. The molecule has 2 aliphatic rings. The highest BCUT2D eigenvalue weighted by molar-refractivity contribution is 7.92. The second-order valence-electron chi connectivity index (χ2n) is 11.9. The zero-order valence-electron chi connectivity index (χ0n) is 23.8. The van der Waals surface area contributed by atoms with Gasteiger partial charge in [-0.25, -0.2) is 12.8 Å². The molecule has 1 unspecified atom stereocenters. The number of halogens is 3. The van der Waals surface area contributed by atoms with Crippen molar-refractivity contribution >= 4 is 50.8 Å². The predicted octanol–water partition coefficient (Wildman–Crippen LogP) is 6.92. The summed E-state index contributed by atoms with van der Waals surface area (Å²) in [5, 5.41) is 10.9. The Bertz CT molecular complexity index is 1630. The lowest BCUT2D eigenvalue weighted by molar-refractivity contribution is -0.160. The van der Waals surface area contributed by atoms with Crippen molar-refractivity contribution in [3.05, 3.63) is 99.8 Å². The minimum atomic E-state index is -3.98. The van der Waals surface area contributed by atoms with Gasteiger partial charge in [0.15, 0.2) is 0 Å². The van der Waals surface area contributed by atoms with E-state index in [2.05, 4.69) is 0 Å². The van der Waals surface area contributed by atoms with Crippen molar-refractivity contribution in [3.8, 4) is 0 Å². The van der Waals surface area contributed by atoms with E-state index in [9.17, 15) is 23.1 Å². The fourth-order valence-electron chi connectivity index (χ4n) is 6.43. The van der Waals surface area contributed by atoms with E-state index >= 15 is 4.39 Å². The highest BCUT2D eigenvalue weighted by Gasteiger charge is 2.55. The van der Waals surface area contributed by atoms with Crippen LogP contribution in [0.15, 0.2) is 72.8 Å². The summed E-state index contributed by atoms with van der Waals surface area (Å²) >= 11 is 12.7. The molecule has 2 fully saturated rings. The van der Waals surface area contributed by atoms with E-state index in [1.165, 1.54) is 18.2 Å². The average Bonchev–Trinajstić information content (AvgIpc) is 3.77. The molecule has 43 heavy (non-hydrogen) atoms. The van der Waals surface area contributed by atoms with Crippen LogP contribution in [0.1, 0.15) is 55.7 Å². The van der Waals surface area contributed by atoms with Gasteiger partial charge in [0.25, 0.3) is 0 Å². The Morgan fingerprint density at radius 2 is 1.72 bits per heavy atom. The first-order chi connectivity index (χ1) is 20.3. The van der Waals surface area contributed by atoms with Gasteiger partial charge in [0, 0.05) is 16.0 Å². The van der Waals surface area contributed by atoms with Gasteiger partial charge in [-0.15, -0.1) is 0 Å². The number of carbonyl (C=O) groups excluding carboxylic acids is 1. The monoisotopic (exact) mass is 646 g/mol. The lowest BCUT2D eigenvalue weighted by Crippen LogP contribution is -2.59. The number of amides is 1. The largest absolute Gasteiger partial charge is 0.481 e. The van der Waals surface area contributed by atoms with Crippen LogP contribution in [0.3, 0.4) is 0 Å². The highest BCUT2D eigenvalue weighted by atomic mass is 35.5. The number of benzene rings is 3. The number of sulfonamides is 1. The smallest absolute Gasteiger partial charge is 0.304 e. The zero-order valence-corrected chi connectivity index (χ0v) is 26.1. The van der Waals surface area contributed by atoms with Gasteiger partial charge in [-0.1, -0.05) is 66.5 Å². The van der Waals surface area contributed by atoms with Crippen LogP contribution >= 0.6 is 23.2 Å². The summed E-state index contributed by atoms with van der Waals surface area (Å²) in [4.78, 5) is 28.5. The number of carboxylic acid groups (broad SMARTS) is 1. The van der Waals surface area contributed by atoms with Crippen LogP contribution in [0.4, 0.5) is 10.1 Å². The molecule has 1 N–H and O–H groups in total. The molecule has 0 aromatic heterocycles. The number of hydrogen-bond acceptors (Lipinski definition) is 4. The fourth-order valence-corrected chi connectivity index (χ4v) is 7.68. The van der Waals surface area contributed by atoms with E-state index in [0.717, 1.165) is 34.5 Å². The summed E-state index contributed by atoms with van der Waals surface area (Å²) in [5.41, 5.74) is 0.179. The summed E-state index contributed by atoms with van der Waals surface area (Å²) < 4.78 is 42.4. The van der Waals surface area contributed by atoms with Crippen LogP contribution in [0.2, 0.25) is 10.0 Å². The van der Waals surface area contributed by atoms with Crippen LogP contribution in [-0.2, 0) is 19.6 Å². The van der Waals surface area contributed by atoms with Gasteiger partial charge in [0.1, 0.15) is 5.82 Å². The van der Waals surface area contributed by atoms with Crippen LogP contribution < -0.4 is 4.31 Å². The van der Waals surface area contributed by atoms with E-state index in [1.54, 1.807) is 36.1 Å². The Morgan fingerprint density at radius 3 is 2.30 bits per heavy atom. The number of rotatable bonds is 10. The van der Waals surface area contributed by atoms with Gasteiger partial charge in [-0.2, -0.15) is 0 Å². The molecule has 1 saturated heterocycles. The lowest BCUT2D eigenvalue weighted by Gasteiger charge is -2.52. The van der Waals surface area contributed by atoms with Crippen LogP contribution in [-0.4, -0.2) is 49.1 Å². The molecule has 0 spiro atoms. The molecule has 228 valence electrons. The first kappa shape index (κ1) is 31.3. The van der Waals surface area contributed by atoms with Gasteiger partial charge >= 0.3 is 5.97 Å². The Kier molecular flexibility index (Phi) is 8.80. The van der Waals surface area contributed by atoms with Crippen molar-refractivity contribution in [2.24, 2.45) is 11.3 Å². The van der Waals surface area contributed by atoms with Gasteiger partial charge in [-0.3, -0.25) is 13.9 Å². The summed E-state index contributed by atoms with van der Waals surface area (Å²) in [6, 6.07) is 18.8. The summed E-state index contributed by atoms with van der Waals surface area (Å²) in [6.07, 6.45) is 2.32. The van der Waals surface area contributed by atoms with Gasteiger partial charge in [-0.05, 0) is 72.7 Å². The van der Waals surface area contributed by atoms with Gasteiger partial charge < -0.3 is 10.0 Å². The SMILES string of the molecule is C[C@]1(CC(=O)O)CC(c2cccc(Cl)c2)[C@@H](c2ccc(Cl)cc2)N([C@H](CN(c2ccccc2F)S(C)(=O)=O)C2CC2)C1=O. The number of anilines is 1. The standard InChI is InChI=1S/C32H33Cl2FN2O5S/c1-32(18-29(38)39)17-25(22-6-5-7-24(34)16-22)30(21-12-14-23(33)15-13-21)37(31(32)40)28(20-10-11-20)19-36(43(2,41)42)27-9-4-3-8-26(27)35/h3-9,12-16,20,25,28,30H,10-11,17-19H2,1-2H3,(H,38,39)/t25?,28-,30-,32-/m1/s1. The molecule has 7 nitrogen and oxygen atoms in total. The molecule has 1 amide bonds. The molecule has 0 bridgehead atoms. The van der Waals surface area contributed by atoms with Crippen molar-refractivity contribution in [1.82, 2.24) is 4.90 Å². The van der Waals surface area contributed by atoms with Crippen LogP contribution in [0.25, 0.3) is 0 Å². The fraction of sp³-hybridized carbons (Fsp3) is 0.375. The molecule has 11 heteroatoms. The second kappa shape index (κ2) is 12.1. The number of carboxylic acids is 1. The molecule has 3 aromatic carbocycles. The molecule has 0 radical (unpaired) electrons. The number of likely N-dealkylation sites (tertiary alicyclic amines) is 1. The number of carbonyl (C=O) groups is 2. The summed E-state index contributed by atoms with van der Waals surface area (Å²) in [6.45, 7) is 1.47. The number of piperidine rings is 1. The molecule has 4 atom stereocenters. The minimum Gasteiger partial charge on any atom is -0.481 e. The van der Waals surface area contributed by atoms with Crippen molar-refractivity contribution in [3.63, 3.8) is 0 Å². The third kappa shape index (κ3) is 6.69. The normalized spacial score (nSPS) is 23.2. The maximum absolute atomic E-state index is 15.0. The Hall–Kier alpha value is -3.14. The molecule has 5 rings (SSSR count). The minimum absolute atomic E-state index is 0.0676. The molecular formula is C32H33Cl2FN2O5S. The van der Waals surface area contributed by atoms with E-state index in [0.29, 0.717) is 10.0 Å². The number of para-hydroxylation sites is 1. The highest BCUT2D eigenvalue weighted by Crippen LogP contribution is 2.54. The average molecular weight is 648 g/mol. The molecule has 3 aromatic rings. The maximum Gasteiger partial charge on any atom is 0.304 e.